The number of anilines is 2. The Hall–Kier alpha value is -3.19. The van der Waals surface area contributed by atoms with Crippen LogP contribution in [0.25, 0.3) is 0 Å². The lowest BCUT2D eigenvalue weighted by atomic mass is 9.76. The van der Waals surface area contributed by atoms with Crippen LogP contribution >= 0.6 is 11.6 Å². The summed E-state index contributed by atoms with van der Waals surface area (Å²) >= 11 is 6.21. The molecule has 0 bridgehead atoms. The van der Waals surface area contributed by atoms with Gasteiger partial charge in [-0.1, -0.05) is 24.6 Å². The fraction of sp³-hybridized carbons (Fsp3) is 0.429. The number of fused-ring (bicyclic) bond motifs is 1. The van der Waals surface area contributed by atoms with Gasteiger partial charge in [0.05, 0.1) is 23.4 Å². The van der Waals surface area contributed by atoms with Crippen LogP contribution in [0.3, 0.4) is 0 Å². The molecular weight excluding hydrogens is 480 g/mol. The molecule has 188 valence electrons. The highest BCUT2D eigenvalue weighted by atomic mass is 35.5. The van der Waals surface area contributed by atoms with Gasteiger partial charge < -0.3 is 9.64 Å². The molecule has 2 aliphatic heterocycles. The third-order valence-electron chi connectivity index (χ3n) is 7.74. The number of esters is 1. The summed E-state index contributed by atoms with van der Waals surface area (Å²) in [4.78, 5) is 54.4. The molecule has 1 aliphatic carbocycles. The summed E-state index contributed by atoms with van der Waals surface area (Å²) in [5.41, 5.74) is 2.77. The number of rotatable bonds is 4. The van der Waals surface area contributed by atoms with Gasteiger partial charge in [-0.15, -0.1) is 0 Å². The van der Waals surface area contributed by atoms with E-state index in [0.717, 1.165) is 24.8 Å². The van der Waals surface area contributed by atoms with Gasteiger partial charge in [-0.05, 0) is 80.5 Å². The van der Waals surface area contributed by atoms with E-state index in [2.05, 4.69) is 6.92 Å². The molecule has 3 amide bonds. The lowest BCUT2D eigenvalue weighted by molar-refractivity contribution is -0.139. The van der Waals surface area contributed by atoms with Crippen LogP contribution in [0.1, 0.15) is 43.7 Å². The van der Waals surface area contributed by atoms with Crippen molar-refractivity contribution in [2.24, 2.45) is 23.7 Å². The fourth-order valence-corrected chi connectivity index (χ4v) is 5.81. The Morgan fingerprint density at radius 2 is 1.72 bits per heavy atom. The maximum atomic E-state index is 13.1. The molecule has 2 aromatic rings. The Morgan fingerprint density at radius 3 is 2.44 bits per heavy atom. The lowest BCUT2D eigenvalue weighted by Gasteiger charge is -2.25. The van der Waals surface area contributed by atoms with Crippen molar-refractivity contribution >= 4 is 46.7 Å². The normalized spacial score (nSPS) is 25.9. The highest BCUT2D eigenvalue weighted by molar-refractivity contribution is 6.31. The lowest BCUT2D eigenvalue weighted by Crippen LogP contribution is -2.31. The smallest absolute Gasteiger partial charge is 0.316 e. The highest BCUT2D eigenvalue weighted by Gasteiger charge is 2.50. The second-order valence-electron chi connectivity index (χ2n) is 10.4. The third kappa shape index (κ3) is 4.30. The van der Waals surface area contributed by atoms with Crippen LogP contribution in [0.4, 0.5) is 11.4 Å². The number of halogens is 1. The number of aryl methyl sites for hydroxylation is 2. The maximum absolute atomic E-state index is 13.1. The summed E-state index contributed by atoms with van der Waals surface area (Å²) < 4.78 is 5.60. The zero-order valence-corrected chi connectivity index (χ0v) is 21.4. The van der Waals surface area contributed by atoms with Crippen LogP contribution in [0, 0.1) is 37.5 Å². The standard InChI is InChI=1S/C28H29ClN2O5/c1-15-4-8-21-22(10-15)27(34)31(26(21)33)24-9-7-20(11-17(24)3)36-28(35)18-12-25(32)30(14-18)19-6-5-16(2)23(29)13-19/h5-7,9,11,13,15,18,21-22H,4,8,10,12,14H2,1-3H3/t15-,18+,21+,22+/m0/s1. The van der Waals surface area contributed by atoms with Crippen molar-refractivity contribution in [1.82, 2.24) is 0 Å². The molecule has 0 aromatic heterocycles. The second-order valence-corrected chi connectivity index (χ2v) is 10.8. The van der Waals surface area contributed by atoms with Gasteiger partial charge in [-0.25, -0.2) is 4.90 Å². The van der Waals surface area contributed by atoms with Gasteiger partial charge in [0, 0.05) is 23.7 Å². The monoisotopic (exact) mass is 508 g/mol. The molecule has 8 heteroatoms. The van der Waals surface area contributed by atoms with Gasteiger partial charge in [0.15, 0.2) is 0 Å². The van der Waals surface area contributed by atoms with Crippen LogP contribution < -0.4 is 14.5 Å². The summed E-state index contributed by atoms with van der Waals surface area (Å²) in [6.45, 7) is 6.01. The van der Waals surface area contributed by atoms with Gasteiger partial charge in [-0.2, -0.15) is 0 Å². The third-order valence-corrected chi connectivity index (χ3v) is 8.15. The average Bonchev–Trinajstić information content (AvgIpc) is 3.33. The van der Waals surface area contributed by atoms with Crippen LogP contribution in [0.15, 0.2) is 36.4 Å². The van der Waals surface area contributed by atoms with E-state index in [-0.39, 0.29) is 42.5 Å². The largest absolute Gasteiger partial charge is 0.426 e. The second kappa shape index (κ2) is 9.36. The van der Waals surface area contributed by atoms with E-state index in [1.54, 1.807) is 36.1 Å². The summed E-state index contributed by atoms with van der Waals surface area (Å²) in [7, 11) is 0. The maximum Gasteiger partial charge on any atom is 0.316 e. The molecule has 36 heavy (non-hydrogen) atoms. The minimum absolute atomic E-state index is 0.0549. The Kier molecular flexibility index (Phi) is 6.37. The van der Waals surface area contributed by atoms with Gasteiger partial charge in [0.1, 0.15) is 5.75 Å². The highest BCUT2D eigenvalue weighted by Crippen LogP contribution is 2.43. The van der Waals surface area contributed by atoms with Crippen LogP contribution in [0.5, 0.6) is 5.75 Å². The van der Waals surface area contributed by atoms with E-state index in [4.69, 9.17) is 16.3 Å². The first-order valence-electron chi connectivity index (χ1n) is 12.4. The Morgan fingerprint density at radius 1 is 0.972 bits per heavy atom. The topological polar surface area (TPSA) is 84.0 Å². The molecule has 0 radical (unpaired) electrons. The van der Waals surface area contributed by atoms with E-state index >= 15 is 0 Å². The number of benzene rings is 2. The first-order valence-corrected chi connectivity index (χ1v) is 12.8. The van der Waals surface area contributed by atoms with Crippen molar-refractivity contribution in [3.8, 4) is 5.75 Å². The van der Waals surface area contributed by atoms with E-state index in [0.29, 0.717) is 33.6 Å². The summed E-state index contributed by atoms with van der Waals surface area (Å²) in [6.07, 6.45) is 2.50. The molecule has 0 unspecified atom stereocenters. The Labute approximate surface area is 215 Å². The van der Waals surface area contributed by atoms with Crippen molar-refractivity contribution in [2.45, 2.75) is 46.5 Å². The number of amides is 3. The fourth-order valence-electron chi connectivity index (χ4n) is 5.63. The average molecular weight is 509 g/mol. The van der Waals surface area contributed by atoms with Gasteiger partial charge >= 0.3 is 5.97 Å². The summed E-state index contributed by atoms with van der Waals surface area (Å²) in [6, 6.07) is 10.3. The number of nitrogens with zero attached hydrogens (tertiary/aromatic N) is 2. The minimum atomic E-state index is -0.607. The zero-order valence-electron chi connectivity index (χ0n) is 20.6. The molecule has 3 fully saturated rings. The van der Waals surface area contributed by atoms with Crippen LogP contribution in [-0.2, 0) is 19.2 Å². The Bertz CT molecular complexity index is 1270. The first kappa shape index (κ1) is 24.5. The molecule has 1 saturated carbocycles. The van der Waals surface area contributed by atoms with Gasteiger partial charge in [-0.3, -0.25) is 19.2 Å². The molecule has 4 atom stereocenters. The minimum Gasteiger partial charge on any atom is -0.426 e. The first-order chi connectivity index (χ1) is 17.1. The molecule has 2 heterocycles. The molecule has 0 N–H and O–H groups in total. The predicted octanol–water partition coefficient (Wildman–Crippen LogP) is 4.84. The van der Waals surface area contributed by atoms with Gasteiger partial charge in [0.2, 0.25) is 17.7 Å². The Balaban J connectivity index is 1.28. The van der Waals surface area contributed by atoms with E-state index in [9.17, 15) is 19.2 Å². The van der Waals surface area contributed by atoms with E-state index in [1.807, 2.05) is 19.1 Å². The summed E-state index contributed by atoms with van der Waals surface area (Å²) in [5, 5.41) is 0.561. The van der Waals surface area contributed by atoms with Crippen molar-refractivity contribution in [3.63, 3.8) is 0 Å². The number of hydrogen-bond donors (Lipinski definition) is 0. The number of imide groups is 1. The van der Waals surface area contributed by atoms with E-state index < -0.39 is 11.9 Å². The zero-order chi connectivity index (χ0) is 25.7. The van der Waals surface area contributed by atoms with E-state index in [1.165, 1.54) is 4.90 Å². The quantitative estimate of drug-likeness (QED) is 0.335. The van der Waals surface area contributed by atoms with Crippen molar-refractivity contribution < 1.29 is 23.9 Å². The molecule has 2 saturated heterocycles. The molecule has 0 spiro atoms. The molecule has 2 aromatic carbocycles. The van der Waals surface area contributed by atoms with Crippen LogP contribution in [-0.4, -0.2) is 30.2 Å². The number of carbonyl (C=O) groups excluding carboxylic acids is 4. The molecule has 5 rings (SSSR count). The number of carbonyl (C=O) groups is 4. The van der Waals surface area contributed by atoms with Crippen LogP contribution in [0.2, 0.25) is 5.02 Å². The molecular formula is C28H29ClN2O5. The summed E-state index contributed by atoms with van der Waals surface area (Å²) in [5.74, 6) is -1.26. The van der Waals surface area contributed by atoms with Crippen molar-refractivity contribution in [3.05, 3.63) is 52.5 Å². The van der Waals surface area contributed by atoms with Gasteiger partial charge in [0.25, 0.3) is 0 Å². The predicted molar refractivity (Wildman–Crippen MR) is 136 cm³/mol. The SMILES string of the molecule is Cc1ccc(N2C[C@H](C(=O)Oc3ccc(N4C(=O)[C@@H]5CC[C@H](C)C[C@H]5C4=O)c(C)c3)CC2=O)cc1Cl. The number of hydrogen-bond acceptors (Lipinski definition) is 5. The molecule has 7 nitrogen and oxygen atoms in total. The number of ether oxygens (including phenoxy) is 1. The molecule has 3 aliphatic rings. The van der Waals surface area contributed by atoms with Crippen molar-refractivity contribution in [2.75, 3.05) is 16.3 Å². The van der Waals surface area contributed by atoms with Crippen molar-refractivity contribution in [1.29, 1.82) is 0 Å².